The summed E-state index contributed by atoms with van der Waals surface area (Å²) < 4.78 is 25.8. The fourth-order valence-electron chi connectivity index (χ4n) is 2.09. The number of guanidine groups is 1. The smallest absolute Gasteiger partial charge is 0.252 e. The Labute approximate surface area is 156 Å². The minimum Gasteiger partial charge on any atom is -0.354 e. The van der Waals surface area contributed by atoms with Crippen molar-refractivity contribution in [1.29, 1.82) is 0 Å². The van der Waals surface area contributed by atoms with Gasteiger partial charge in [-0.25, -0.2) is 12.7 Å². The third kappa shape index (κ3) is 7.33. The molecule has 2 N–H and O–H groups in total. The zero-order valence-electron chi connectivity index (χ0n) is 16.4. The predicted molar refractivity (Wildman–Crippen MR) is 107 cm³/mol. The van der Waals surface area contributed by atoms with Crippen molar-refractivity contribution < 1.29 is 8.42 Å². The second kappa shape index (κ2) is 9.00. The van der Waals surface area contributed by atoms with Crippen molar-refractivity contribution in [1.82, 2.24) is 14.9 Å². The SMILES string of the molecule is CN=C(NCc1ccc(S(=O)(=O)N(C)C)s1)NC(C)CCC(C)(C)C. The number of aliphatic imine (C=N–C) groups is 1. The zero-order chi connectivity index (χ0) is 19.3. The molecule has 0 aliphatic heterocycles. The van der Waals surface area contributed by atoms with Crippen molar-refractivity contribution in [3.05, 3.63) is 17.0 Å². The van der Waals surface area contributed by atoms with Crippen molar-refractivity contribution in [2.45, 2.75) is 57.3 Å². The van der Waals surface area contributed by atoms with Crippen LogP contribution in [0.2, 0.25) is 0 Å². The molecule has 1 aromatic rings. The molecule has 1 heterocycles. The Hall–Kier alpha value is -1.12. The molecule has 1 unspecified atom stereocenters. The van der Waals surface area contributed by atoms with E-state index in [0.717, 1.165) is 23.7 Å². The lowest BCUT2D eigenvalue weighted by atomic mass is 9.89. The number of thiophene rings is 1. The molecule has 8 heteroatoms. The molecule has 1 atom stereocenters. The highest BCUT2D eigenvalue weighted by Gasteiger charge is 2.19. The van der Waals surface area contributed by atoms with Gasteiger partial charge >= 0.3 is 0 Å². The normalized spacial score (nSPS) is 14.6. The first-order chi connectivity index (χ1) is 11.5. The number of nitrogens with one attached hydrogen (secondary N) is 2. The third-order valence-corrected chi connectivity index (χ3v) is 7.10. The molecule has 6 nitrogen and oxygen atoms in total. The molecule has 0 fully saturated rings. The summed E-state index contributed by atoms with van der Waals surface area (Å²) in [5, 5.41) is 6.63. The highest BCUT2D eigenvalue weighted by Crippen LogP contribution is 2.23. The van der Waals surface area contributed by atoms with Crippen LogP contribution in [-0.4, -0.2) is 45.9 Å². The quantitative estimate of drug-likeness (QED) is 0.556. The van der Waals surface area contributed by atoms with Gasteiger partial charge in [-0.15, -0.1) is 11.3 Å². The summed E-state index contributed by atoms with van der Waals surface area (Å²) in [5.74, 6) is 0.729. The molecule has 0 aromatic carbocycles. The second-order valence-corrected chi connectivity index (χ2v) is 11.1. The number of hydrogen-bond donors (Lipinski definition) is 2. The summed E-state index contributed by atoms with van der Waals surface area (Å²) >= 11 is 1.28. The molecule has 1 rings (SSSR count). The second-order valence-electron chi connectivity index (χ2n) is 7.58. The summed E-state index contributed by atoms with van der Waals surface area (Å²) in [6.07, 6.45) is 2.20. The number of rotatable bonds is 7. The molecule has 0 aliphatic carbocycles. The fourth-order valence-corrected chi connectivity index (χ4v) is 4.56. The standard InChI is InChI=1S/C17H32N4O2S2/c1-13(10-11-17(2,3)4)20-16(18-5)19-12-14-8-9-15(24-14)25(22,23)21(6)7/h8-9,13H,10-12H2,1-7H3,(H2,18,19,20). The Bertz CT molecular complexity index is 673. The van der Waals surface area contributed by atoms with Gasteiger partial charge in [-0.2, -0.15) is 0 Å². The molecule has 0 saturated heterocycles. The van der Waals surface area contributed by atoms with Crippen molar-refractivity contribution in [3.63, 3.8) is 0 Å². The lowest BCUT2D eigenvalue weighted by Gasteiger charge is -2.23. The Kier molecular flexibility index (Phi) is 7.89. The van der Waals surface area contributed by atoms with E-state index in [1.54, 1.807) is 13.1 Å². The molecule has 0 amide bonds. The molecule has 0 bridgehead atoms. The summed E-state index contributed by atoms with van der Waals surface area (Å²) in [6, 6.07) is 3.81. The molecule has 144 valence electrons. The Morgan fingerprint density at radius 3 is 2.48 bits per heavy atom. The van der Waals surface area contributed by atoms with E-state index in [2.05, 4.69) is 43.3 Å². The Balaban J connectivity index is 2.57. The van der Waals surface area contributed by atoms with Crippen LogP contribution in [0.3, 0.4) is 0 Å². The van der Waals surface area contributed by atoms with Crippen LogP contribution in [0.4, 0.5) is 0 Å². The lowest BCUT2D eigenvalue weighted by molar-refractivity contribution is 0.346. The van der Waals surface area contributed by atoms with Gasteiger partial charge in [0, 0.05) is 32.1 Å². The van der Waals surface area contributed by atoms with Gasteiger partial charge in [-0.05, 0) is 37.3 Å². The molecular formula is C17H32N4O2S2. The van der Waals surface area contributed by atoms with Gasteiger partial charge in [0.05, 0.1) is 6.54 Å². The van der Waals surface area contributed by atoms with E-state index < -0.39 is 10.0 Å². The monoisotopic (exact) mass is 388 g/mol. The molecule has 0 radical (unpaired) electrons. The van der Waals surface area contributed by atoms with E-state index in [-0.39, 0.29) is 0 Å². The van der Waals surface area contributed by atoms with Gasteiger partial charge < -0.3 is 10.6 Å². The molecule has 25 heavy (non-hydrogen) atoms. The maximum Gasteiger partial charge on any atom is 0.252 e. The molecular weight excluding hydrogens is 356 g/mol. The van der Waals surface area contributed by atoms with Gasteiger partial charge in [-0.1, -0.05) is 20.8 Å². The first-order valence-corrected chi connectivity index (χ1v) is 10.7. The topological polar surface area (TPSA) is 73.8 Å². The van der Waals surface area contributed by atoms with Gasteiger partial charge in [0.2, 0.25) is 0 Å². The van der Waals surface area contributed by atoms with E-state index in [4.69, 9.17) is 0 Å². The number of hydrogen-bond acceptors (Lipinski definition) is 4. The van der Waals surface area contributed by atoms with E-state index in [1.165, 1.54) is 29.7 Å². The average Bonchev–Trinajstić information content (AvgIpc) is 2.98. The minimum atomic E-state index is -3.36. The van der Waals surface area contributed by atoms with E-state index in [1.807, 2.05) is 6.07 Å². The average molecular weight is 389 g/mol. The Morgan fingerprint density at radius 2 is 1.96 bits per heavy atom. The van der Waals surface area contributed by atoms with Crippen LogP contribution in [0.5, 0.6) is 0 Å². The Morgan fingerprint density at radius 1 is 1.32 bits per heavy atom. The fraction of sp³-hybridized carbons (Fsp3) is 0.706. The molecule has 1 aromatic heterocycles. The first kappa shape index (κ1) is 21.9. The first-order valence-electron chi connectivity index (χ1n) is 8.44. The van der Waals surface area contributed by atoms with E-state index in [0.29, 0.717) is 22.2 Å². The van der Waals surface area contributed by atoms with Gasteiger partial charge in [0.1, 0.15) is 4.21 Å². The number of nitrogens with zero attached hydrogens (tertiary/aromatic N) is 2. The summed E-state index contributed by atoms with van der Waals surface area (Å²) in [4.78, 5) is 5.19. The lowest BCUT2D eigenvalue weighted by Crippen LogP contribution is -2.42. The van der Waals surface area contributed by atoms with Crippen molar-refractivity contribution in [3.8, 4) is 0 Å². The summed E-state index contributed by atoms with van der Waals surface area (Å²) in [6.45, 7) is 9.40. The predicted octanol–water partition coefficient (Wildman–Crippen LogP) is 2.88. The highest BCUT2D eigenvalue weighted by atomic mass is 32.2. The zero-order valence-corrected chi connectivity index (χ0v) is 18.0. The van der Waals surface area contributed by atoms with Crippen LogP contribution >= 0.6 is 11.3 Å². The van der Waals surface area contributed by atoms with E-state index >= 15 is 0 Å². The maximum absolute atomic E-state index is 12.1. The number of sulfonamides is 1. The molecule has 0 spiro atoms. The third-order valence-electron chi connectivity index (χ3n) is 3.74. The van der Waals surface area contributed by atoms with Gasteiger partial charge in [0.25, 0.3) is 10.0 Å². The summed E-state index contributed by atoms with van der Waals surface area (Å²) in [7, 11) is 1.45. The largest absolute Gasteiger partial charge is 0.354 e. The summed E-state index contributed by atoms with van der Waals surface area (Å²) in [5.41, 5.74) is 0.318. The van der Waals surface area contributed by atoms with Gasteiger partial charge in [0.15, 0.2) is 5.96 Å². The van der Waals surface area contributed by atoms with Crippen LogP contribution < -0.4 is 10.6 Å². The maximum atomic E-state index is 12.1. The highest BCUT2D eigenvalue weighted by molar-refractivity contribution is 7.91. The van der Waals surface area contributed by atoms with Crippen molar-refractivity contribution in [2.24, 2.45) is 10.4 Å². The van der Waals surface area contributed by atoms with Crippen LogP contribution in [0.1, 0.15) is 45.4 Å². The van der Waals surface area contributed by atoms with Crippen LogP contribution in [-0.2, 0) is 16.6 Å². The van der Waals surface area contributed by atoms with Crippen LogP contribution in [0.25, 0.3) is 0 Å². The molecule has 0 aliphatic rings. The van der Waals surface area contributed by atoms with Crippen LogP contribution in [0.15, 0.2) is 21.3 Å². The van der Waals surface area contributed by atoms with Gasteiger partial charge in [-0.3, -0.25) is 4.99 Å². The minimum absolute atomic E-state index is 0.318. The molecule has 0 saturated carbocycles. The van der Waals surface area contributed by atoms with E-state index in [9.17, 15) is 8.42 Å². The van der Waals surface area contributed by atoms with Crippen molar-refractivity contribution >= 4 is 27.3 Å². The van der Waals surface area contributed by atoms with Crippen LogP contribution in [0, 0.1) is 5.41 Å². The van der Waals surface area contributed by atoms with Crippen molar-refractivity contribution in [2.75, 3.05) is 21.1 Å².